The lowest BCUT2D eigenvalue weighted by atomic mass is 10.0. The molecule has 1 fully saturated rings. The predicted molar refractivity (Wildman–Crippen MR) is 84.7 cm³/mol. The summed E-state index contributed by atoms with van der Waals surface area (Å²) in [5, 5.41) is 20.5. The van der Waals surface area contributed by atoms with Crippen LogP contribution in [0.3, 0.4) is 0 Å². The van der Waals surface area contributed by atoms with E-state index in [-0.39, 0.29) is 24.3 Å². The number of aromatic nitrogens is 3. The molecular weight excluding hydrogens is 311 g/mol. The zero-order valence-electron chi connectivity index (χ0n) is 12.7. The smallest absolute Gasteiger partial charge is 0.254 e. The Bertz CT molecular complexity index is 910. The van der Waals surface area contributed by atoms with Gasteiger partial charge in [0.25, 0.3) is 5.91 Å². The number of aromatic amines is 1. The van der Waals surface area contributed by atoms with E-state index in [0.717, 1.165) is 0 Å². The van der Waals surface area contributed by atoms with E-state index >= 15 is 0 Å². The molecule has 1 aromatic heterocycles. The number of carbonyl (C=O) groups excluding carboxylic acids is 1. The molecule has 2 atom stereocenters. The number of β-amino-alcohol motifs (C(OH)–C–C–N with tert-alkyl or cyclic N) is 1. The van der Waals surface area contributed by atoms with Crippen LogP contribution < -0.4 is 0 Å². The second-order valence-electron chi connectivity index (χ2n) is 5.94. The third kappa shape index (κ3) is 2.52. The van der Waals surface area contributed by atoms with Gasteiger partial charge in [-0.3, -0.25) is 4.79 Å². The van der Waals surface area contributed by atoms with Gasteiger partial charge in [0.15, 0.2) is 0 Å². The third-order valence-electron chi connectivity index (χ3n) is 4.34. The standard InChI is InChI=1S/C17H15FN4O2/c18-12-3-1-2-10(6-12)16-8-13(23)9-22(16)17(24)11-4-5-14-15(7-11)20-21-19-14/h1-7,13,16,23H,8-9H2,(H,19,20,21)/t13-,16+/m0/s1. The number of nitrogens with zero attached hydrogens (tertiary/aromatic N) is 3. The Kier molecular flexibility index (Phi) is 3.50. The van der Waals surface area contributed by atoms with Crippen molar-refractivity contribution in [1.29, 1.82) is 0 Å². The van der Waals surface area contributed by atoms with Gasteiger partial charge in [0.2, 0.25) is 0 Å². The molecule has 0 unspecified atom stereocenters. The van der Waals surface area contributed by atoms with Crippen LogP contribution in [0.5, 0.6) is 0 Å². The van der Waals surface area contributed by atoms with Gasteiger partial charge in [-0.1, -0.05) is 12.1 Å². The van der Waals surface area contributed by atoms with E-state index < -0.39 is 6.10 Å². The van der Waals surface area contributed by atoms with Crippen LogP contribution in [0.15, 0.2) is 42.5 Å². The summed E-state index contributed by atoms with van der Waals surface area (Å²) in [6, 6.07) is 10.9. The Hall–Kier alpha value is -2.80. The van der Waals surface area contributed by atoms with Crippen molar-refractivity contribution in [3.8, 4) is 0 Å². The predicted octanol–water partition coefficient (Wildman–Crippen LogP) is 2.05. The number of carbonyl (C=O) groups is 1. The third-order valence-corrected chi connectivity index (χ3v) is 4.34. The van der Waals surface area contributed by atoms with E-state index in [1.165, 1.54) is 12.1 Å². The van der Waals surface area contributed by atoms with Crippen LogP contribution in [-0.2, 0) is 0 Å². The Morgan fingerprint density at radius 1 is 1.21 bits per heavy atom. The van der Waals surface area contributed by atoms with Crippen molar-refractivity contribution in [1.82, 2.24) is 20.3 Å². The van der Waals surface area contributed by atoms with Crippen LogP contribution in [0, 0.1) is 5.82 Å². The minimum absolute atomic E-state index is 0.217. The molecule has 1 amide bonds. The number of H-pyrrole nitrogens is 1. The van der Waals surface area contributed by atoms with Crippen molar-refractivity contribution in [2.24, 2.45) is 0 Å². The number of rotatable bonds is 2. The molecule has 24 heavy (non-hydrogen) atoms. The zero-order valence-corrected chi connectivity index (χ0v) is 12.7. The topological polar surface area (TPSA) is 82.1 Å². The van der Waals surface area contributed by atoms with Crippen molar-refractivity contribution in [2.75, 3.05) is 6.54 Å². The first-order valence-corrected chi connectivity index (χ1v) is 7.67. The quantitative estimate of drug-likeness (QED) is 0.755. The van der Waals surface area contributed by atoms with Gasteiger partial charge in [0.1, 0.15) is 16.9 Å². The van der Waals surface area contributed by atoms with Crippen molar-refractivity contribution in [2.45, 2.75) is 18.6 Å². The average molecular weight is 326 g/mol. The summed E-state index contributed by atoms with van der Waals surface area (Å²) in [7, 11) is 0. The number of aliphatic hydroxyl groups excluding tert-OH is 1. The molecule has 1 aliphatic rings. The van der Waals surface area contributed by atoms with Gasteiger partial charge < -0.3 is 10.0 Å². The summed E-state index contributed by atoms with van der Waals surface area (Å²) in [6.45, 7) is 0.219. The fourth-order valence-corrected chi connectivity index (χ4v) is 3.21. The summed E-state index contributed by atoms with van der Waals surface area (Å²) in [5.74, 6) is -0.573. The molecule has 3 aromatic rings. The van der Waals surface area contributed by atoms with Crippen LogP contribution in [0.4, 0.5) is 4.39 Å². The number of likely N-dealkylation sites (tertiary alicyclic amines) is 1. The molecule has 4 rings (SSSR count). The van der Waals surface area contributed by atoms with Gasteiger partial charge in [0.05, 0.1) is 12.1 Å². The van der Waals surface area contributed by atoms with E-state index in [1.54, 1.807) is 35.2 Å². The lowest BCUT2D eigenvalue weighted by Crippen LogP contribution is -2.31. The van der Waals surface area contributed by atoms with Crippen LogP contribution in [0.25, 0.3) is 11.0 Å². The first-order chi connectivity index (χ1) is 11.6. The lowest BCUT2D eigenvalue weighted by molar-refractivity contribution is 0.0715. The summed E-state index contributed by atoms with van der Waals surface area (Å²) < 4.78 is 13.5. The van der Waals surface area contributed by atoms with Gasteiger partial charge in [-0.05, 0) is 42.3 Å². The number of fused-ring (bicyclic) bond motifs is 1. The van der Waals surface area contributed by atoms with E-state index in [0.29, 0.717) is 28.6 Å². The molecule has 7 heteroatoms. The average Bonchev–Trinajstić information content (AvgIpc) is 3.19. The van der Waals surface area contributed by atoms with E-state index in [9.17, 15) is 14.3 Å². The van der Waals surface area contributed by atoms with Crippen LogP contribution in [0.2, 0.25) is 0 Å². The molecule has 0 spiro atoms. The van der Waals surface area contributed by atoms with Gasteiger partial charge in [0, 0.05) is 12.1 Å². The van der Waals surface area contributed by atoms with Crippen molar-refractivity contribution in [3.05, 3.63) is 59.4 Å². The van der Waals surface area contributed by atoms with E-state index in [4.69, 9.17) is 0 Å². The van der Waals surface area contributed by atoms with Crippen molar-refractivity contribution in [3.63, 3.8) is 0 Å². The second kappa shape index (κ2) is 5.68. The van der Waals surface area contributed by atoms with E-state index in [1.807, 2.05) is 0 Å². The summed E-state index contributed by atoms with van der Waals surface area (Å²) in [5.41, 5.74) is 2.42. The second-order valence-corrected chi connectivity index (χ2v) is 5.94. The van der Waals surface area contributed by atoms with Crippen LogP contribution >= 0.6 is 0 Å². The number of amides is 1. The molecule has 0 bridgehead atoms. The fraction of sp³-hybridized carbons (Fsp3) is 0.235. The Morgan fingerprint density at radius 3 is 2.88 bits per heavy atom. The number of hydrogen-bond donors (Lipinski definition) is 2. The molecule has 0 saturated carbocycles. The number of halogens is 1. The maximum absolute atomic E-state index is 13.5. The van der Waals surface area contributed by atoms with Crippen molar-refractivity contribution < 1.29 is 14.3 Å². The summed E-state index contributed by atoms with van der Waals surface area (Å²) >= 11 is 0. The molecule has 2 aromatic carbocycles. The maximum atomic E-state index is 13.5. The van der Waals surface area contributed by atoms with Gasteiger partial charge in [-0.25, -0.2) is 4.39 Å². The molecular formula is C17H15FN4O2. The molecule has 1 aliphatic heterocycles. The Labute approximate surface area is 136 Å². The summed E-state index contributed by atoms with van der Waals surface area (Å²) in [6.07, 6.45) is -0.237. The lowest BCUT2D eigenvalue weighted by Gasteiger charge is -2.25. The first-order valence-electron chi connectivity index (χ1n) is 7.67. The molecule has 0 radical (unpaired) electrons. The molecule has 2 heterocycles. The Balaban J connectivity index is 1.68. The fourth-order valence-electron chi connectivity index (χ4n) is 3.21. The highest BCUT2D eigenvalue weighted by Crippen LogP contribution is 2.33. The minimum atomic E-state index is -0.627. The number of aliphatic hydroxyl groups is 1. The normalized spacial score (nSPS) is 20.7. The molecule has 122 valence electrons. The molecule has 2 N–H and O–H groups in total. The molecule has 6 nitrogen and oxygen atoms in total. The van der Waals surface area contributed by atoms with E-state index in [2.05, 4.69) is 15.4 Å². The SMILES string of the molecule is O=C(c1ccc2n[nH]nc2c1)N1C[C@@H](O)C[C@@H]1c1cccc(F)c1. The minimum Gasteiger partial charge on any atom is -0.391 e. The number of benzene rings is 2. The highest BCUT2D eigenvalue weighted by atomic mass is 19.1. The van der Waals surface area contributed by atoms with Gasteiger partial charge in [-0.15, -0.1) is 0 Å². The highest BCUT2D eigenvalue weighted by molar-refractivity contribution is 5.97. The monoisotopic (exact) mass is 326 g/mol. The van der Waals surface area contributed by atoms with Crippen molar-refractivity contribution >= 4 is 16.9 Å². The highest BCUT2D eigenvalue weighted by Gasteiger charge is 2.36. The van der Waals surface area contributed by atoms with Gasteiger partial charge in [-0.2, -0.15) is 15.4 Å². The summed E-state index contributed by atoms with van der Waals surface area (Å²) in [4.78, 5) is 14.5. The van der Waals surface area contributed by atoms with Crippen LogP contribution in [-0.4, -0.2) is 44.0 Å². The van der Waals surface area contributed by atoms with Crippen LogP contribution in [0.1, 0.15) is 28.4 Å². The zero-order chi connectivity index (χ0) is 16.7. The molecule has 1 saturated heterocycles. The number of hydrogen-bond acceptors (Lipinski definition) is 4. The Morgan fingerprint density at radius 2 is 2.04 bits per heavy atom. The number of nitrogens with one attached hydrogen (secondary N) is 1. The first kappa shape index (κ1) is 14.8. The van der Waals surface area contributed by atoms with Gasteiger partial charge >= 0.3 is 0 Å². The molecule has 0 aliphatic carbocycles. The maximum Gasteiger partial charge on any atom is 0.254 e. The largest absolute Gasteiger partial charge is 0.391 e.